The lowest BCUT2D eigenvalue weighted by Gasteiger charge is -2.22. The summed E-state index contributed by atoms with van der Waals surface area (Å²) in [6.45, 7) is 4.81. The first kappa shape index (κ1) is 15.6. The summed E-state index contributed by atoms with van der Waals surface area (Å²) < 4.78 is 1.78. The molecule has 3 aromatic rings. The van der Waals surface area contributed by atoms with Crippen LogP contribution in [0, 0.1) is 13.8 Å². The van der Waals surface area contributed by atoms with Crippen LogP contribution in [-0.2, 0) is 4.79 Å². The number of carbonyl (C=O) groups is 1. The molecule has 0 amide bonds. The second-order valence-corrected chi connectivity index (χ2v) is 6.45. The average molecular weight is 337 g/mol. The van der Waals surface area contributed by atoms with Gasteiger partial charge < -0.3 is 10.0 Å². The van der Waals surface area contributed by atoms with E-state index in [1.165, 1.54) is 17.5 Å². The Kier molecular flexibility index (Phi) is 3.63. The number of rotatable bonds is 3. The summed E-state index contributed by atoms with van der Waals surface area (Å²) in [7, 11) is 0. The highest BCUT2D eigenvalue weighted by atomic mass is 16.4. The van der Waals surface area contributed by atoms with E-state index in [0.717, 1.165) is 17.5 Å². The van der Waals surface area contributed by atoms with Crippen LogP contribution in [0.5, 0.6) is 0 Å². The fraction of sp³-hybridized carbons (Fsp3) is 0.333. The molecule has 1 fully saturated rings. The number of aliphatic carboxylic acids is 1. The molecule has 1 aliphatic heterocycles. The van der Waals surface area contributed by atoms with E-state index < -0.39 is 12.0 Å². The molecular weight excluding hydrogens is 318 g/mol. The number of benzene rings is 1. The van der Waals surface area contributed by atoms with Gasteiger partial charge in [-0.2, -0.15) is 5.10 Å². The van der Waals surface area contributed by atoms with Crippen molar-refractivity contribution in [3.05, 3.63) is 41.9 Å². The lowest BCUT2D eigenvalue weighted by atomic mass is 10.1. The lowest BCUT2D eigenvalue weighted by Crippen LogP contribution is -2.36. The highest BCUT2D eigenvalue weighted by Crippen LogP contribution is 2.30. The summed E-state index contributed by atoms with van der Waals surface area (Å²) in [5.41, 5.74) is 4.01. The van der Waals surface area contributed by atoms with E-state index in [1.54, 1.807) is 10.9 Å². The molecule has 1 atom stereocenters. The van der Waals surface area contributed by atoms with Crippen LogP contribution in [-0.4, -0.2) is 43.4 Å². The maximum atomic E-state index is 11.5. The molecule has 0 saturated carbocycles. The van der Waals surface area contributed by atoms with Gasteiger partial charge >= 0.3 is 5.97 Å². The Hall–Kier alpha value is -2.96. The second kappa shape index (κ2) is 5.84. The summed E-state index contributed by atoms with van der Waals surface area (Å²) >= 11 is 0. The number of hydrogen-bond donors (Lipinski definition) is 1. The second-order valence-electron chi connectivity index (χ2n) is 6.45. The fourth-order valence-corrected chi connectivity index (χ4v) is 3.38. The van der Waals surface area contributed by atoms with E-state index in [1.807, 2.05) is 11.0 Å². The number of hydrogen-bond acceptors (Lipinski definition) is 5. The molecule has 1 N–H and O–H groups in total. The van der Waals surface area contributed by atoms with Crippen molar-refractivity contribution in [1.82, 2.24) is 19.7 Å². The zero-order valence-corrected chi connectivity index (χ0v) is 14.2. The predicted molar refractivity (Wildman–Crippen MR) is 94.1 cm³/mol. The zero-order valence-electron chi connectivity index (χ0n) is 14.2. The first-order valence-electron chi connectivity index (χ1n) is 8.32. The van der Waals surface area contributed by atoms with Gasteiger partial charge in [-0.25, -0.2) is 19.4 Å². The third-order valence-corrected chi connectivity index (χ3v) is 4.89. The third kappa shape index (κ3) is 2.52. The molecule has 4 rings (SSSR count). The largest absolute Gasteiger partial charge is 0.480 e. The topological polar surface area (TPSA) is 84.1 Å². The lowest BCUT2D eigenvalue weighted by molar-refractivity contribution is -0.138. The van der Waals surface area contributed by atoms with Crippen LogP contribution in [0.2, 0.25) is 0 Å². The van der Waals surface area contributed by atoms with Gasteiger partial charge in [0.25, 0.3) is 0 Å². The third-order valence-electron chi connectivity index (χ3n) is 4.89. The Bertz CT molecular complexity index is 965. The molecule has 7 heteroatoms. The Morgan fingerprint density at radius 2 is 2.08 bits per heavy atom. The first-order valence-corrected chi connectivity index (χ1v) is 8.32. The SMILES string of the molecule is Cc1ccc(-n2ncc3c(N4CCCC4C(=O)O)ncnc32)cc1C. The molecular formula is C18H19N5O2. The van der Waals surface area contributed by atoms with E-state index in [-0.39, 0.29) is 0 Å². The highest BCUT2D eigenvalue weighted by molar-refractivity contribution is 5.90. The Balaban J connectivity index is 1.83. The highest BCUT2D eigenvalue weighted by Gasteiger charge is 2.33. The number of carboxylic acid groups (broad SMARTS) is 1. The van der Waals surface area contributed by atoms with Gasteiger partial charge in [0.15, 0.2) is 5.65 Å². The van der Waals surface area contributed by atoms with Crippen molar-refractivity contribution in [3.8, 4) is 5.69 Å². The minimum Gasteiger partial charge on any atom is -0.480 e. The molecule has 25 heavy (non-hydrogen) atoms. The molecule has 1 aromatic carbocycles. The molecule has 7 nitrogen and oxygen atoms in total. The van der Waals surface area contributed by atoms with Crippen LogP contribution >= 0.6 is 0 Å². The summed E-state index contributed by atoms with van der Waals surface area (Å²) in [6, 6.07) is 5.59. The van der Waals surface area contributed by atoms with Crippen LogP contribution in [0.3, 0.4) is 0 Å². The van der Waals surface area contributed by atoms with Gasteiger partial charge in [-0.1, -0.05) is 6.07 Å². The number of aryl methyl sites for hydroxylation is 2. The standard InChI is InChI=1S/C18H19N5O2/c1-11-5-6-13(8-12(11)2)23-17-14(9-21-23)16(19-10-20-17)22-7-3-4-15(22)18(24)25/h5-6,8-10,15H,3-4,7H2,1-2H3,(H,24,25). The number of aromatic nitrogens is 4. The molecule has 1 unspecified atom stereocenters. The quantitative estimate of drug-likeness (QED) is 0.790. The van der Waals surface area contributed by atoms with Crippen LogP contribution < -0.4 is 4.90 Å². The fourth-order valence-electron chi connectivity index (χ4n) is 3.38. The van der Waals surface area contributed by atoms with Crippen molar-refractivity contribution in [1.29, 1.82) is 0 Å². The van der Waals surface area contributed by atoms with E-state index in [9.17, 15) is 9.90 Å². The maximum Gasteiger partial charge on any atom is 0.326 e. The summed E-state index contributed by atoms with van der Waals surface area (Å²) in [4.78, 5) is 22.1. The van der Waals surface area contributed by atoms with Gasteiger partial charge in [0, 0.05) is 6.54 Å². The van der Waals surface area contributed by atoms with Crippen molar-refractivity contribution >= 4 is 22.8 Å². The molecule has 3 heterocycles. The normalized spacial score (nSPS) is 17.4. The summed E-state index contributed by atoms with van der Waals surface area (Å²) in [6.07, 6.45) is 4.67. The Morgan fingerprint density at radius 1 is 1.24 bits per heavy atom. The van der Waals surface area contributed by atoms with Crippen molar-refractivity contribution < 1.29 is 9.90 Å². The zero-order chi connectivity index (χ0) is 17.6. The van der Waals surface area contributed by atoms with Crippen LogP contribution in [0.4, 0.5) is 5.82 Å². The van der Waals surface area contributed by atoms with E-state index >= 15 is 0 Å². The molecule has 0 aliphatic carbocycles. The van der Waals surface area contributed by atoms with E-state index in [2.05, 4.69) is 41.0 Å². The molecule has 0 radical (unpaired) electrons. The number of carboxylic acids is 1. The van der Waals surface area contributed by atoms with E-state index in [4.69, 9.17) is 0 Å². The minimum absolute atomic E-state index is 0.539. The first-order chi connectivity index (χ1) is 12.1. The van der Waals surface area contributed by atoms with Gasteiger partial charge in [-0.3, -0.25) is 0 Å². The van der Waals surface area contributed by atoms with Gasteiger partial charge in [-0.05, 0) is 49.9 Å². The number of nitrogens with zero attached hydrogens (tertiary/aromatic N) is 5. The van der Waals surface area contributed by atoms with Crippen molar-refractivity contribution in [2.45, 2.75) is 32.7 Å². The smallest absolute Gasteiger partial charge is 0.326 e. The molecule has 1 aliphatic rings. The van der Waals surface area contributed by atoms with Gasteiger partial charge in [0.05, 0.1) is 17.3 Å². The molecule has 0 spiro atoms. The monoisotopic (exact) mass is 337 g/mol. The van der Waals surface area contributed by atoms with Gasteiger partial charge in [0.2, 0.25) is 0 Å². The summed E-state index contributed by atoms with van der Waals surface area (Å²) in [5.74, 6) is -0.171. The van der Waals surface area contributed by atoms with Gasteiger partial charge in [0.1, 0.15) is 18.2 Å². The van der Waals surface area contributed by atoms with E-state index in [0.29, 0.717) is 24.4 Å². The number of fused-ring (bicyclic) bond motifs is 1. The van der Waals surface area contributed by atoms with Crippen LogP contribution in [0.15, 0.2) is 30.7 Å². The molecule has 128 valence electrons. The molecule has 1 saturated heterocycles. The predicted octanol–water partition coefficient (Wildman–Crippen LogP) is 2.49. The Labute approximate surface area is 144 Å². The number of anilines is 1. The van der Waals surface area contributed by atoms with Crippen molar-refractivity contribution in [2.75, 3.05) is 11.4 Å². The Morgan fingerprint density at radius 3 is 2.84 bits per heavy atom. The van der Waals surface area contributed by atoms with Crippen LogP contribution in [0.1, 0.15) is 24.0 Å². The van der Waals surface area contributed by atoms with Crippen LogP contribution in [0.25, 0.3) is 16.7 Å². The molecule has 2 aromatic heterocycles. The maximum absolute atomic E-state index is 11.5. The average Bonchev–Trinajstić information content (AvgIpc) is 3.23. The molecule has 0 bridgehead atoms. The van der Waals surface area contributed by atoms with Gasteiger partial charge in [-0.15, -0.1) is 0 Å². The summed E-state index contributed by atoms with van der Waals surface area (Å²) in [5, 5.41) is 14.7. The minimum atomic E-state index is -0.814. The van der Waals surface area contributed by atoms with Crippen molar-refractivity contribution in [2.24, 2.45) is 0 Å². The van der Waals surface area contributed by atoms with Crippen molar-refractivity contribution in [3.63, 3.8) is 0 Å².